The minimum absolute atomic E-state index is 0. The number of amides is 1. The van der Waals surface area contributed by atoms with Crippen molar-refractivity contribution in [2.24, 2.45) is 15.3 Å². The quantitative estimate of drug-likeness (QED) is 0.172. The van der Waals surface area contributed by atoms with E-state index < -0.39 is 23.7 Å². The largest absolute Gasteiger partial charge is 2.00 e. The van der Waals surface area contributed by atoms with Crippen molar-refractivity contribution in [3.05, 3.63) is 96.1 Å². The first kappa shape index (κ1) is 29.4. The van der Waals surface area contributed by atoms with E-state index >= 15 is 0 Å². The number of aliphatic carboxylic acids is 2. The maximum absolute atomic E-state index is 11.0. The molecule has 11 heteroatoms. The zero-order valence-electron chi connectivity index (χ0n) is 17.3. The molecule has 2 rings (SSSR count). The summed E-state index contributed by atoms with van der Waals surface area (Å²) in [6, 6.07) is 18.3. The van der Waals surface area contributed by atoms with Crippen molar-refractivity contribution in [1.29, 1.82) is 0 Å². The first-order chi connectivity index (χ1) is 15.4. The first-order valence-corrected chi connectivity index (χ1v) is 8.88. The summed E-state index contributed by atoms with van der Waals surface area (Å²) in [5.74, 6) is -3.97. The fourth-order valence-corrected chi connectivity index (χ4v) is 1.76. The fourth-order valence-electron chi connectivity index (χ4n) is 1.76. The van der Waals surface area contributed by atoms with Gasteiger partial charge < -0.3 is 20.1 Å². The van der Waals surface area contributed by atoms with Gasteiger partial charge in [-0.3, -0.25) is 4.79 Å². The molecule has 0 unspecified atom stereocenters. The van der Waals surface area contributed by atoms with Gasteiger partial charge in [0.2, 0.25) is 0 Å². The van der Waals surface area contributed by atoms with Gasteiger partial charge in [0.25, 0.3) is 5.91 Å². The summed E-state index contributed by atoms with van der Waals surface area (Å²) < 4.78 is 0. The van der Waals surface area contributed by atoms with Gasteiger partial charge in [-0.05, 0) is 23.3 Å². The monoisotopic (exact) mass is 474 g/mol. The smallest absolute Gasteiger partial charge is 0.857 e. The van der Waals surface area contributed by atoms with E-state index in [1.807, 2.05) is 48.5 Å². The molecule has 0 radical (unpaired) electrons. The fraction of sp³-hybridized carbons (Fsp3) is 0. The molecule has 0 aromatic heterocycles. The van der Waals surface area contributed by atoms with Gasteiger partial charge in [-0.2, -0.15) is 15.3 Å². The average Bonchev–Trinajstić information content (AvgIpc) is 2.78. The number of hydrogen-bond donors (Lipinski definition) is 2. The Morgan fingerprint density at radius 1 is 0.788 bits per heavy atom. The Bertz CT molecular complexity index is 1040. The van der Waals surface area contributed by atoms with Crippen LogP contribution in [0.3, 0.4) is 0 Å². The van der Waals surface area contributed by atoms with Crippen LogP contribution in [0.4, 0.5) is 0 Å². The molecule has 0 atom stereocenters. The van der Waals surface area contributed by atoms with Crippen LogP contribution in [0.15, 0.2) is 100 Å². The van der Waals surface area contributed by atoms with Crippen molar-refractivity contribution in [2.45, 2.75) is 0 Å². The second kappa shape index (κ2) is 18.0. The van der Waals surface area contributed by atoms with Crippen LogP contribution < -0.4 is 15.6 Å². The SMILES string of the molecule is O=C(O)/C=C\C(=O)N/N=C\c1ccccc1.O=C([O-])\C=C/C([O-])=N\N=C/c1ccccc1.[Ca+2]. The zero-order chi connectivity index (χ0) is 23.6. The average molecular weight is 474 g/mol. The molecule has 2 aromatic carbocycles. The summed E-state index contributed by atoms with van der Waals surface area (Å²) in [6.07, 6.45) is 5.87. The number of carboxylic acid groups (broad SMARTS) is 2. The van der Waals surface area contributed by atoms with Gasteiger partial charge in [0.1, 0.15) is 0 Å². The number of benzene rings is 2. The Morgan fingerprint density at radius 2 is 1.33 bits per heavy atom. The van der Waals surface area contributed by atoms with Crippen LogP contribution in [0.1, 0.15) is 11.1 Å². The number of carbonyl (C=O) groups is 3. The topological polar surface area (TPSA) is 167 Å². The Balaban J connectivity index is 0.000000602. The Kier molecular flexibility index (Phi) is 16.1. The number of hydrazone groups is 1. The molecule has 0 spiro atoms. The van der Waals surface area contributed by atoms with Crippen molar-refractivity contribution in [3.8, 4) is 0 Å². The second-order valence-corrected chi connectivity index (χ2v) is 5.56. The Hall–Kier alpha value is -3.60. The summed E-state index contributed by atoms with van der Waals surface area (Å²) in [6.45, 7) is 0. The van der Waals surface area contributed by atoms with Crippen LogP contribution in [0.5, 0.6) is 0 Å². The minimum atomic E-state index is -1.45. The van der Waals surface area contributed by atoms with Crippen LogP contribution in [0.2, 0.25) is 0 Å². The van der Waals surface area contributed by atoms with Gasteiger partial charge in [-0.1, -0.05) is 60.7 Å². The van der Waals surface area contributed by atoms with Crippen molar-refractivity contribution in [1.82, 2.24) is 5.43 Å². The van der Waals surface area contributed by atoms with Crippen LogP contribution >= 0.6 is 0 Å². The van der Waals surface area contributed by atoms with Crippen LogP contribution in [0, 0.1) is 0 Å². The molecule has 0 saturated carbocycles. The van der Waals surface area contributed by atoms with Gasteiger partial charge in [-0.25, -0.2) is 10.2 Å². The molecule has 2 aromatic rings. The Morgan fingerprint density at radius 3 is 1.85 bits per heavy atom. The molecule has 2 N–H and O–H groups in total. The molecular formula is C22H18CaN4O6. The summed E-state index contributed by atoms with van der Waals surface area (Å²) >= 11 is 0. The van der Waals surface area contributed by atoms with E-state index in [4.69, 9.17) is 5.11 Å². The predicted molar refractivity (Wildman–Crippen MR) is 120 cm³/mol. The van der Waals surface area contributed by atoms with Gasteiger partial charge in [0, 0.05) is 18.0 Å². The maximum Gasteiger partial charge on any atom is 2.00 e. The summed E-state index contributed by atoms with van der Waals surface area (Å²) in [7, 11) is 0. The van der Waals surface area contributed by atoms with Gasteiger partial charge in [-0.15, -0.1) is 0 Å². The molecule has 0 saturated heterocycles. The number of hydrogen-bond acceptors (Lipinski definition) is 8. The van der Waals surface area contributed by atoms with E-state index in [0.29, 0.717) is 6.08 Å². The predicted octanol–water partition coefficient (Wildman–Crippen LogP) is -0.518. The summed E-state index contributed by atoms with van der Waals surface area (Å²) in [4.78, 5) is 31.0. The molecule has 0 bridgehead atoms. The molecule has 0 heterocycles. The van der Waals surface area contributed by atoms with E-state index in [1.165, 1.54) is 12.4 Å². The third kappa shape index (κ3) is 16.7. The molecule has 0 aliphatic heterocycles. The summed E-state index contributed by atoms with van der Waals surface area (Å²) in [5.41, 5.74) is 3.80. The third-order valence-electron chi connectivity index (χ3n) is 3.09. The Labute approximate surface area is 219 Å². The molecule has 33 heavy (non-hydrogen) atoms. The van der Waals surface area contributed by atoms with E-state index in [2.05, 4.69) is 20.7 Å². The van der Waals surface area contributed by atoms with Crippen LogP contribution in [-0.4, -0.2) is 79.0 Å². The molecule has 1 amide bonds. The van der Waals surface area contributed by atoms with Crippen molar-refractivity contribution in [2.75, 3.05) is 0 Å². The standard InChI is InChI=1S/2C11H10N2O3.Ca/c2*14-10(6-7-11(15)16)13-12-8-9-4-2-1-3-5-9;/h2*1-8H,(H,13,14)(H,15,16);/q;;+2/p-2/b2*7-6-,12-8-;. The van der Waals surface area contributed by atoms with Crippen molar-refractivity contribution < 1.29 is 29.7 Å². The molecule has 0 aliphatic rings. The number of carbonyl (C=O) groups excluding carboxylic acids is 2. The minimum Gasteiger partial charge on any atom is -0.857 e. The van der Waals surface area contributed by atoms with E-state index in [9.17, 15) is 24.6 Å². The molecule has 0 fully saturated rings. The zero-order valence-corrected chi connectivity index (χ0v) is 19.5. The van der Waals surface area contributed by atoms with Gasteiger partial charge >= 0.3 is 43.7 Å². The molecule has 10 nitrogen and oxygen atoms in total. The van der Waals surface area contributed by atoms with E-state index in [1.54, 1.807) is 12.1 Å². The number of rotatable bonds is 8. The van der Waals surface area contributed by atoms with Crippen LogP contribution in [0.25, 0.3) is 0 Å². The third-order valence-corrected chi connectivity index (χ3v) is 3.09. The van der Waals surface area contributed by atoms with Crippen LogP contribution in [-0.2, 0) is 14.4 Å². The van der Waals surface area contributed by atoms with E-state index in [0.717, 1.165) is 29.4 Å². The first-order valence-electron chi connectivity index (χ1n) is 8.88. The van der Waals surface area contributed by atoms with Crippen molar-refractivity contribution in [3.63, 3.8) is 0 Å². The second-order valence-electron chi connectivity index (χ2n) is 5.56. The molecule has 0 aliphatic carbocycles. The number of nitrogens with one attached hydrogen (secondary N) is 1. The summed E-state index contributed by atoms with van der Waals surface area (Å²) in [5, 5.41) is 39.5. The van der Waals surface area contributed by atoms with Gasteiger partial charge in [0.15, 0.2) is 0 Å². The van der Waals surface area contributed by atoms with Gasteiger partial charge in [0.05, 0.1) is 18.4 Å². The van der Waals surface area contributed by atoms with E-state index in [-0.39, 0.29) is 37.7 Å². The molecule has 164 valence electrons. The number of nitrogens with zero attached hydrogens (tertiary/aromatic N) is 3. The van der Waals surface area contributed by atoms with Crippen molar-refractivity contribution >= 4 is 73.9 Å². The molecular weight excluding hydrogens is 456 g/mol. The number of carboxylic acids is 2. The maximum atomic E-state index is 11.0. The normalized spacial score (nSPS) is 11.2.